The lowest BCUT2D eigenvalue weighted by atomic mass is 10.6. The van der Waals surface area contributed by atoms with Gasteiger partial charge in [0.05, 0.1) is 0 Å². The molecule has 7 heteroatoms. The van der Waals surface area contributed by atoms with Gasteiger partial charge >= 0.3 is 0 Å². The van der Waals surface area contributed by atoms with Crippen LogP contribution in [0.4, 0.5) is 0 Å². The van der Waals surface area contributed by atoms with Gasteiger partial charge in [-0.1, -0.05) is 6.92 Å². The predicted octanol–water partition coefficient (Wildman–Crippen LogP) is -0.384. The highest BCUT2D eigenvalue weighted by atomic mass is 32.2. The van der Waals surface area contributed by atoms with Gasteiger partial charge in [0.25, 0.3) is 10.0 Å². The first-order valence-electron chi connectivity index (χ1n) is 5.17. The summed E-state index contributed by atoms with van der Waals surface area (Å²) in [5, 5.41) is 3.11. The van der Waals surface area contributed by atoms with E-state index in [-0.39, 0.29) is 5.03 Å². The first-order valence-corrected chi connectivity index (χ1v) is 6.66. The third-order valence-electron chi connectivity index (χ3n) is 2.21. The highest BCUT2D eigenvalue weighted by Crippen LogP contribution is 2.06. The van der Waals surface area contributed by atoms with Gasteiger partial charge < -0.3 is 9.88 Å². The maximum atomic E-state index is 11.7. The Kier molecular flexibility index (Phi) is 4.45. The van der Waals surface area contributed by atoms with E-state index in [1.54, 1.807) is 18.5 Å². The summed E-state index contributed by atoms with van der Waals surface area (Å²) in [6.07, 6.45) is 1.50. The van der Waals surface area contributed by atoms with Crippen molar-refractivity contribution in [3.05, 3.63) is 12.0 Å². The third-order valence-corrected chi connectivity index (χ3v) is 3.54. The number of imidazole rings is 1. The molecule has 1 heterocycles. The average Bonchev–Trinajstić information content (AvgIpc) is 2.55. The van der Waals surface area contributed by atoms with Crippen molar-refractivity contribution < 1.29 is 8.42 Å². The minimum atomic E-state index is -3.46. The van der Waals surface area contributed by atoms with E-state index in [4.69, 9.17) is 0 Å². The van der Waals surface area contributed by atoms with E-state index in [1.165, 1.54) is 6.20 Å². The molecule has 1 aromatic heterocycles. The average molecular weight is 246 g/mol. The molecule has 1 aromatic rings. The molecule has 0 fully saturated rings. The molecule has 0 aromatic carbocycles. The highest BCUT2D eigenvalue weighted by Gasteiger charge is 2.17. The number of likely N-dealkylation sites (N-methyl/N-ethyl adjacent to an activating group) is 1. The van der Waals surface area contributed by atoms with Crippen molar-refractivity contribution in [2.24, 2.45) is 7.05 Å². The zero-order valence-corrected chi connectivity index (χ0v) is 10.6. The quantitative estimate of drug-likeness (QED) is 0.671. The third kappa shape index (κ3) is 3.29. The molecule has 6 nitrogen and oxygen atoms in total. The van der Waals surface area contributed by atoms with Crippen LogP contribution < -0.4 is 10.0 Å². The van der Waals surface area contributed by atoms with Gasteiger partial charge in [-0.2, -0.15) is 0 Å². The van der Waals surface area contributed by atoms with E-state index < -0.39 is 10.0 Å². The van der Waals surface area contributed by atoms with Crippen LogP contribution in [-0.2, 0) is 17.1 Å². The van der Waals surface area contributed by atoms with Crippen molar-refractivity contribution >= 4 is 10.0 Å². The number of rotatable bonds is 6. The Hall–Kier alpha value is -0.920. The van der Waals surface area contributed by atoms with Gasteiger partial charge in [-0.15, -0.1) is 0 Å². The molecule has 0 atom stereocenters. The van der Waals surface area contributed by atoms with Crippen LogP contribution in [0.3, 0.4) is 0 Å². The van der Waals surface area contributed by atoms with Gasteiger partial charge in [0.15, 0.2) is 5.03 Å². The lowest BCUT2D eigenvalue weighted by Gasteiger charge is -2.03. The number of aromatic nitrogens is 2. The first kappa shape index (κ1) is 13.1. The van der Waals surface area contributed by atoms with E-state index in [1.807, 2.05) is 6.92 Å². The Balaban J connectivity index is 2.64. The van der Waals surface area contributed by atoms with Crippen LogP contribution >= 0.6 is 0 Å². The van der Waals surface area contributed by atoms with Gasteiger partial charge in [0.2, 0.25) is 0 Å². The van der Waals surface area contributed by atoms with Crippen molar-refractivity contribution in [2.75, 3.05) is 19.6 Å². The molecule has 0 spiro atoms. The zero-order valence-electron chi connectivity index (χ0n) is 9.82. The molecule has 0 saturated carbocycles. The summed E-state index contributed by atoms with van der Waals surface area (Å²) >= 11 is 0. The number of hydrogen-bond acceptors (Lipinski definition) is 4. The fraction of sp³-hybridized carbons (Fsp3) is 0.667. The normalized spacial score (nSPS) is 11.9. The largest absolute Gasteiger partial charge is 0.337 e. The second-order valence-electron chi connectivity index (χ2n) is 3.49. The molecule has 0 radical (unpaired) electrons. The zero-order chi connectivity index (χ0) is 12.2. The Morgan fingerprint density at radius 1 is 1.44 bits per heavy atom. The lowest BCUT2D eigenvalue weighted by molar-refractivity contribution is 0.574. The number of nitrogens with zero attached hydrogens (tertiary/aromatic N) is 2. The van der Waals surface area contributed by atoms with Crippen LogP contribution in [0.5, 0.6) is 0 Å². The van der Waals surface area contributed by atoms with Crippen LogP contribution in [0, 0.1) is 6.92 Å². The summed E-state index contributed by atoms with van der Waals surface area (Å²) in [7, 11) is -1.70. The SMILES string of the molecule is CCNCCNS(=O)(=O)c1cn(C)c(C)n1. The molecule has 0 amide bonds. The summed E-state index contributed by atoms with van der Waals surface area (Å²) in [6.45, 7) is 5.53. The van der Waals surface area contributed by atoms with Crippen molar-refractivity contribution in [1.29, 1.82) is 0 Å². The van der Waals surface area contributed by atoms with E-state index in [9.17, 15) is 8.42 Å². The minimum Gasteiger partial charge on any atom is -0.337 e. The van der Waals surface area contributed by atoms with Gasteiger partial charge in [0.1, 0.15) is 5.82 Å². The summed E-state index contributed by atoms with van der Waals surface area (Å²) < 4.78 is 27.7. The lowest BCUT2D eigenvalue weighted by Crippen LogP contribution is -2.32. The van der Waals surface area contributed by atoms with Gasteiger partial charge in [-0.25, -0.2) is 18.1 Å². The molecule has 92 valence electrons. The molecule has 0 saturated heterocycles. The second-order valence-corrected chi connectivity index (χ2v) is 5.20. The predicted molar refractivity (Wildman–Crippen MR) is 61.7 cm³/mol. The molecule has 16 heavy (non-hydrogen) atoms. The molecular formula is C9H18N4O2S. The van der Waals surface area contributed by atoms with Crippen LogP contribution in [-0.4, -0.2) is 37.6 Å². The molecular weight excluding hydrogens is 228 g/mol. The Morgan fingerprint density at radius 3 is 2.62 bits per heavy atom. The van der Waals surface area contributed by atoms with Crippen molar-refractivity contribution in [3.8, 4) is 0 Å². The maximum Gasteiger partial charge on any atom is 0.259 e. The molecule has 0 bridgehead atoms. The fourth-order valence-corrected chi connectivity index (χ4v) is 2.25. The number of hydrogen-bond donors (Lipinski definition) is 2. The topological polar surface area (TPSA) is 76.0 Å². The molecule has 2 N–H and O–H groups in total. The fourth-order valence-electron chi connectivity index (χ4n) is 1.18. The standard InChI is InChI=1S/C9H18N4O2S/c1-4-10-5-6-11-16(14,15)9-7-13(3)8(2)12-9/h7,10-11H,4-6H2,1-3H3. The Labute approximate surface area is 96.1 Å². The smallest absolute Gasteiger partial charge is 0.259 e. The van der Waals surface area contributed by atoms with Crippen LogP contribution in [0.1, 0.15) is 12.7 Å². The van der Waals surface area contributed by atoms with Crippen LogP contribution in [0.25, 0.3) is 0 Å². The summed E-state index contributed by atoms with van der Waals surface area (Å²) in [5.74, 6) is 0.673. The first-order chi connectivity index (χ1) is 7.47. The van der Waals surface area contributed by atoms with Crippen LogP contribution in [0.15, 0.2) is 11.2 Å². The summed E-state index contributed by atoms with van der Waals surface area (Å²) in [5.41, 5.74) is 0. The monoisotopic (exact) mass is 246 g/mol. The molecule has 1 rings (SSSR count). The number of nitrogens with one attached hydrogen (secondary N) is 2. The summed E-state index contributed by atoms with van der Waals surface area (Å²) in [6, 6.07) is 0. The Morgan fingerprint density at radius 2 is 2.12 bits per heavy atom. The molecule has 0 aliphatic carbocycles. The molecule has 0 unspecified atom stereocenters. The van der Waals surface area contributed by atoms with Gasteiger partial charge in [-0.3, -0.25) is 0 Å². The van der Waals surface area contributed by atoms with Crippen molar-refractivity contribution in [3.63, 3.8) is 0 Å². The van der Waals surface area contributed by atoms with Gasteiger partial charge in [-0.05, 0) is 13.5 Å². The van der Waals surface area contributed by atoms with Crippen molar-refractivity contribution in [1.82, 2.24) is 19.6 Å². The van der Waals surface area contributed by atoms with E-state index in [0.717, 1.165) is 6.54 Å². The Bertz CT molecular complexity index is 419. The van der Waals surface area contributed by atoms with Gasteiger partial charge in [0, 0.05) is 26.3 Å². The summed E-state index contributed by atoms with van der Waals surface area (Å²) in [4.78, 5) is 3.97. The molecule has 0 aliphatic heterocycles. The highest BCUT2D eigenvalue weighted by molar-refractivity contribution is 7.89. The van der Waals surface area contributed by atoms with Crippen LogP contribution in [0.2, 0.25) is 0 Å². The van der Waals surface area contributed by atoms with Crippen molar-refractivity contribution in [2.45, 2.75) is 18.9 Å². The minimum absolute atomic E-state index is 0.0731. The van der Waals surface area contributed by atoms with E-state index in [2.05, 4.69) is 15.0 Å². The molecule has 0 aliphatic rings. The number of aryl methyl sites for hydroxylation is 2. The maximum absolute atomic E-state index is 11.7. The second kappa shape index (κ2) is 5.42. The van der Waals surface area contributed by atoms with E-state index in [0.29, 0.717) is 18.9 Å². The number of sulfonamides is 1. The van der Waals surface area contributed by atoms with E-state index >= 15 is 0 Å².